The van der Waals surface area contributed by atoms with Crippen LogP contribution < -0.4 is 0 Å². The Morgan fingerprint density at radius 3 is 0.977 bits per heavy atom. The van der Waals surface area contributed by atoms with Crippen LogP contribution in [0.2, 0.25) is 0 Å². The Balaban J connectivity index is 4.58. The second-order valence-electron chi connectivity index (χ2n) is 13.4. The van der Waals surface area contributed by atoms with Gasteiger partial charge in [-0.15, -0.1) is 0 Å². The van der Waals surface area contributed by atoms with Gasteiger partial charge < -0.3 is 14.2 Å². The number of hydrogen-bond donors (Lipinski definition) is 0. The molecule has 0 fully saturated rings. The summed E-state index contributed by atoms with van der Waals surface area (Å²) in [5.74, 6) is 0.337. The first-order valence-electron chi connectivity index (χ1n) is 18.8. The topological polar surface area (TPSA) is 78.9 Å². The molecule has 0 amide bonds. The Morgan fingerprint density at radius 2 is 0.682 bits per heavy atom. The number of ether oxygens (including phenoxy) is 3. The first kappa shape index (κ1) is 42.4. The molecule has 44 heavy (non-hydrogen) atoms. The van der Waals surface area contributed by atoms with Gasteiger partial charge in [-0.2, -0.15) is 0 Å². The predicted molar refractivity (Wildman–Crippen MR) is 183 cm³/mol. The van der Waals surface area contributed by atoms with Crippen LogP contribution in [0.1, 0.15) is 202 Å². The van der Waals surface area contributed by atoms with Gasteiger partial charge in [0, 0.05) is 19.3 Å². The van der Waals surface area contributed by atoms with Crippen molar-refractivity contribution in [2.24, 2.45) is 5.92 Å². The maximum absolute atomic E-state index is 12.6. The number of carbonyl (C=O) groups is 3. The lowest BCUT2D eigenvalue weighted by molar-refractivity contribution is -0.151. The minimum Gasteiger partial charge on any atom is -0.462 e. The number of hydrogen-bond acceptors (Lipinski definition) is 6. The molecular formula is C38H72O6. The molecule has 0 aromatic carbocycles. The molecule has 0 aromatic heterocycles. The number of unbranched alkanes of at least 4 members (excludes halogenated alkanes) is 8. The molecule has 0 atom stereocenters. The highest BCUT2D eigenvalue weighted by Crippen LogP contribution is 2.20. The molecular weight excluding hydrogens is 552 g/mol. The van der Waals surface area contributed by atoms with Crippen molar-refractivity contribution in [1.29, 1.82) is 0 Å². The van der Waals surface area contributed by atoms with E-state index in [1.807, 2.05) is 0 Å². The van der Waals surface area contributed by atoms with Gasteiger partial charge in [-0.3, -0.25) is 14.4 Å². The minimum atomic E-state index is -0.0989. The average molecular weight is 625 g/mol. The van der Waals surface area contributed by atoms with E-state index in [0.29, 0.717) is 25.2 Å². The molecule has 260 valence electrons. The summed E-state index contributed by atoms with van der Waals surface area (Å²) < 4.78 is 17.5. The lowest BCUT2D eigenvalue weighted by Gasteiger charge is -2.19. The van der Waals surface area contributed by atoms with Crippen molar-refractivity contribution in [3.8, 4) is 0 Å². The third kappa shape index (κ3) is 26.8. The Hall–Kier alpha value is -1.59. The van der Waals surface area contributed by atoms with Crippen LogP contribution in [-0.4, -0.2) is 36.2 Å². The molecule has 6 heteroatoms. The summed E-state index contributed by atoms with van der Waals surface area (Å²) in [5, 5.41) is 0. The van der Waals surface area contributed by atoms with Crippen LogP contribution in [0, 0.1) is 5.92 Å². The third-order valence-electron chi connectivity index (χ3n) is 8.39. The van der Waals surface area contributed by atoms with Gasteiger partial charge in [0.05, 0.1) is 0 Å². The summed E-state index contributed by atoms with van der Waals surface area (Å²) in [7, 11) is 0. The highest BCUT2D eigenvalue weighted by Gasteiger charge is 2.17. The Bertz CT molecular complexity index is 631. The zero-order valence-electron chi connectivity index (χ0n) is 29.9. The SMILES string of the molecule is CCCCC(CCCC)OC(=O)CCCCCC(CCCCCC(=O)OC(CCCC)CCCC)OC(=O)CCCC(C)C. The van der Waals surface area contributed by atoms with Crippen molar-refractivity contribution in [2.45, 2.75) is 220 Å². The molecule has 0 bridgehead atoms. The predicted octanol–water partition coefficient (Wildman–Crippen LogP) is 11.2. The van der Waals surface area contributed by atoms with E-state index in [1.54, 1.807) is 0 Å². The first-order valence-corrected chi connectivity index (χ1v) is 18.8. The van der Waals surface area contributed by atoms with Gasteiger partial charge in [-0.1, -0.05) is 112 Å². The average Bonchev–Trinajstić information content (AvgIpc) is 2.98. The van der Waals surface area contributed by atoms with E-state index in [2.05, 4.69) is 41.5 Å². The number of rotatable bonds is 31. The van der Waals surface area contributed by atoms with E-state index in [9.17, 15) is 14.4 Å². The summed E-state index contributed by atoms with van der Waals surface area (Å²) in [5.41, 5.74) is 0. The molecule has 0 aliphatic carbocycles. The van der Waals surface area contributed by atoms with Gasteiger partial charge in [0.1, 0.15) is 18.3 Å². The maximum Gasteiger partial charge on any atom is 0.306 e. The van der Waals surface area contributed by atoms with Crippen LogP contribution >= 0.6 is 0 Å². The zero-order chi connectivity index (χ0) is 32.8. The van der Waals surface area contributed by atoms with Crippen molar-refractivity contribution in [1.82, 2.24) is 0 Å². The Kier molecular flexibility index (Phi) is 29.0. The molecule has 0 saturated carbocycles. The molecule has 0 spiro atoms. The number of carbonyl (C=O) groups excluding carboxylic acids is 3. The van der Waals surface area contributed by atoms with E-state index < -0.39 is 0 Å². The second kappa shape index (κ2) is 30.1. The molecule has 0 heterocycles. The Morgan fingerprint density at radius 1 is 0.386 bits per heavy atom. The van der Waals surface area contributed by atoms with Crippen molar-refractivity contribution in [2.75, 3.05) is 0 Å². The third-order valence-corrected chi connectivity index (χ3v) is 8.39. The molecule has 0 aliphatic heterocycles. The molecule has 6 nitrogen and oxygen atoms in total. The van der Waals surface area contributed by atoms with Crippen LogP contribution in [-0.2, 0) is 28.6 Å². The molecule has 0 saturated heterocycles. The smallest absolute Gasteiger partial charge is 0.306 e. The normalized spacial score (nSPS) is 11.6. The summed E-state index contributed by atoms with van der Waals surface area (Å²) in [6.07, 6.45) is 23.0. The summed E-state index contributed by atoms with van der Waals surface area (Å²) >= 11 is 0. The van der Waals surface area contributed by atoms with Crippen molar-refractivity contribution in [3.63, 3.8) is 0 Å². The monoisotopic (exact) mass is 625 g/mol. The zero-order valence-corrected chi connectivity index (χ0v) is 29.9. The largest absolute Gasteiger partial charge is 0.462 e. The van der Waals surface area contributed by atoms with E-state index in [0.717, 1.165) is 141 Å². The molecule has 0 aliphatic rings. The molecule has 0 rings (SSSR count). The van der Waals surface area contributed by atoms with E-state index in [1.165, 1.54) is 0 Å². The van der Waals surface area contributed by atoms with Gasteiger partial charge in [0.25, 0.3) is 0 Å². The van der Waals surface area contributed by atoms with Gasteiger partial charge in [0.2, 0.25) is 0 Å². The van der Waals surface area contributed by atoms with Crippen LogP contribution in [0.15, 0.2) is 0 Å². The first-order chi connectivity index (χ1) is 21.2. The fourth-order valence-corrected chi connectivity index (χ4v) is 5.54. The summed E-state index contributed by atoms with van der Waals surface area (Å²) in [6, 6.07) is 0. The minimum absolute atomic E-state index is 0.0623. The van der Waals surface area contributed by atoms with Gasteiger partial charge in [-0.25, -0.2) is 0 Å². The highest BCUT2D eigenvalue weighted by molar-refractivity contribution is 5.70. The highest BCUT2D eigenvalue weighted by atomic mass is 16.6. The maximum atomic E-state index is 12.6. The molecule has 0 aromatic rings. The van der Waals surface area contributed by atoms with E-state index >= 15 is 0 Å². The fourth-order valence-electron chi connectivity index (χ4n) is 5.54. The second-order valence-corrected chi connectivity index (χ2v) is 13.4. The number of esters is 3. The lowest BCUT2D eigenvalue weighted by atomic mass is 10.0. The van der Waals surface area contributed by atoms with Crippen LogP contribution in [0.25, 0.3) is 0 Å². The summed E-state index contributed by atoms with van der Waals surface area (Å²) in [6.45, 7) is 13.0. The molecule has 0 unspecified atom stereocenters. The van der Waals surface area contributed by atoms with Gasteiger partial charge in [-0.05, 0) is 76.5 Å². The van der Waals surface area contributed by atoms with E-state index in [-0.39, 0.29) is 36.2 Å². The lowest BCUT2D eigenvalue weighted by Crippen LogP contribution is -2.19. The van der Waals surface area contributed by atoms with Gasteiger partial charge in [0.15, 0.2) is 0 Å². The molecule has 0 N–H and O–H groups in total. The molecule has 0 radical (unpaired) electrons. The van der Waals surface area contributed by atoms with Crippen molar-refractivity contribution >= 4 is 17.9 Å². The van der Waals surface area contributed by atoms with Crippen molar-refractivity contribution in [3.05, 3.63) is 0 Å². The Labute approximate surface area is 272 Å². The standard InChI is InChI=1S/C38H72O6/c1-7-11-23-33(24-12-8-2)42-36(39)29-19-15-17-27-35(44-38(41)31-21-22-32(5)6)28-18-16-20-30-37(40)43-34(25-13-9-3)26-14-10-4/h32-35H,7-31H2,1-6H3. The van der Waals surface area contributed by atoms with Crippen molar-refractivity contribution < 1.29 is 28.6 Å². The van der Waals surface area contributed by atoms with Gasteiger partial charge >= 0.3 is 17.9 Å². The summed E-state index contributed by atoms with van der Waals surface area (Å²) in [4.78, 5) is 37.4. The quantitative estimate of drug-likeness (QED) is 0.0434. The fraction of sp³-hybridized carbons (Fsp3) is 0.921. The van der Waals surface area contributed by atoms with Crippen LogP contribution in [0.4, 0.5) is 0 Å². The van der Waals surface area contributed by atoms with Crippen LogP contribution in [0.5, 0.6) is 0 Å². The van der Waals surface area contributed by atoms with E-state index in [4.69, 9.17) is 14.2 Å². The van der Waals surface area contributed by atoms with Crippen LogP contribution in [0.3, 0.4) is 0 Å².